The molecule has 2 rings (SSSR count). The average molecular weight is 280 g/mol. The van der Waals surface area contributed by atoms with Gasteiger partial charge in [0.1, 0.15) is 0 Å². The normalized spacial score (nSPS) is 16.7. The summed E-state index contributed by atoms with van der Waals surface area (Å²) in [6, 6.07) is 3.92. The zero-order valence-corrected chi connectivity index (χ0v) is 12.2. The Morgan fingerprint density at radius 3 is 2.58 bits per heavy atom. The highest BCUT2D eigenvalue weighted by Crippen LogP contribution is 2.21. The van der Waals surface area contributed by atoms with E-state index in [4.69, 9.17) is 0 Å². The Bertz CT molecular complexity index is 434. The van der Waals surface area contributed by atoms with Gasteiger partial charge in [0.2, 0.25) is 5.91 Å². The number of hydrogen-bond donors (Lipinski definition) is 1. The molecule has 0 spiro atoms. The first-order chi connectivity index (χ1) is 9.08. The Morgan fingerprint density at radius 2 is 2.05 bits per heavy atom. The van der Waals surface area contributed by atoms with Gasteiger partial charge in [-0.1, -0.05) is 6.07 Å². The maximum atomic E-state index is 12.2. The summed E-state index contributed by atoms with van der Waals surface area (Å²) in [5.74, 6) is 0.269. The molecule has 1 aromatic heterocycles. The smallest absolute Gasteiger partial charge is 0.263 e. The first-order valence-corrected chi connectivity index (χ1v) is 7.59. The lowest BCUT2D eigenvalue weighted by Gasteiger charge is -2.31. The van der Waals surface area contributed by atoms with Crippen molar-refractivity contribution in [1.82, 2.24) is 10.2 Å². The molecule has 2 heterocycles. The minimum atomic E-state index is 0.0507. The zero-order valence-electron chi connectivity index (χ0n) is 11.4. The Hall–Kier alpha value is -1.36. The van der Waals surface area contributed by atoms with Gasteiger partial charge in [0.05, 0.1) is 4.88 Å². The molecule has 1 aromatic rings. The van der Waals surface area contributed by atoms with Crippen LogP contribution in [0.25, 0.3) is 0 Å². The molecule has 0 aromatic carbocycles. The number of amides is 2. The molecule has 0 unspecified atom stereocenters. The molecular weight excluding hydrogens is 260 g/mol. The first kappa shape index (κ1) is 14.1. The van der Waals surface area contributed by atoms with Gasteiger partial charge in [0.25, 0.3) is 5.91 Å². The van der Waals surface area contributed by atoms with Crippen LogP contribution in [0.5, 0.6) is 0 Å². The van der Waals surface area contributed by atoms with Crippen molar-refractivity contribution in [1.29, 1.82) is 0 Å². The van der Waals surface area contributed by atoms with Gasteiger partial charge in [-0.2, -0.15) is 0 Å². The van der Waals surface area contributed by atoms with Crippen molar-refractivity contribution in [3.05, 3.63) is 22.4 Å². The highest BCUT2D eigenvalue weighted by Gasteiger charge is 2.28. The summed E-state index contributed by atoms with van der Waals surface area (Å²) in [5.41, 5.74) is 0. The van der Waals surface area contributed by atoms with Gasteiger partial charge in [0, 0.05) is 25.0 Å². The summed E-state index contributed by atoms with van der Waals surface area (Å²) in [5, 5.41) is 4.86. The second kappa shape index (κ2) is 6.19. The second-order valence-electron chi connectivity index (χ2n) is 5.21. The standard InChI is InChI=1S/C14H20N2O2S/c1-10(2)15-13(17)11-5-7-16(8-6-11)14(18)12-4-3-9-19-12/h3-4,9-11H,5-8H2,1-2H3,(H,15,17). The van der Waals surface area contributed by atoms with Crippen LogP contribution in [0.2, 0.25) is 0 Å². The van der Waals surface area contributed by atoms with Gasteiger partial charge < -0.3 is 10.2 Å². The van der Waals surface area contributed by atoms with E-state index in [0.29, 0.717) is 13.1 Å². The Labute approximate surface area is 117 Å². The van der Waals surface area contributed by atoms with Gasteiger partial charge in [-0.05, 0) is 38.1 Å². The van der Waals surface area contributed by atoms with Crippen molar-refractivity contribution < 1.29 is 9.59 Å². The SMILES string of the molecule is CC(C)NC(=O)C1CCN(C(=O)c2cccs2)CC1. The molecule has 1 aliphatic rings. The molecule has 19 heavy (non-hydrogen) atoms. The molecule has 0 atom stereocenters. The molecule has 1 N–H and O–H groups in total. The summed E-state index contributed by atoms with van der Waals surface area (Å²) in [6.07, 6.45) is 1.52. The van der Waals surface area contributed by atoms with Crippen LogP contribution in [0.1, 0.15) is 36.4 Å². The number of piperidine rings is 1. The average Bonchev–Trinajstić information content (AvgIpc) is 2.91. The van der Waals surface area contributed by atoms with E-state index in [2.05, 4.69) is 5.32 Å². The van der Waals surface area contributed by atoms with Gasteiger partial charge in [-0.25, -0.2) is 0 Å². The molecule has 0 saturated carbocycles. The molecular formula is C14H20N2O2S. The number of carbonyl (C=O) groups is 2. The van der Waals surface area contributed by atoms with Crippen LogP contribution in [-0.2, 0) is 4.79 Å². The molecule has 104 valence electrons. The highest BCUT2D eigenvalue weighted by atomic mass is 32.1. The number of rotatable bonds is 3. The van der Waals surface area contributed by atoms with E-state index in [1.807, 2.05) is 36.3 Å². The molecule has 5 heteroatoms. The van der Waals surface area contributed by atoms with E-state index in [-0.39, 0.29) is 23.8 Å². The number of nitrogens with zero attached hydrogens (tertiary/aromatic N) is 1. The van der Waals surface area contributed by atoms with Crippen molar-refractivity contribution in [3.8, 4) is 0 Å². The Morgan fingerprint density at radius 1 is 1.37 bits per heavy atom. The van der Waals surface area contributed by atoms with Crippen molar-refractivity contribution in [2.75, 3.05) is 13.1 Å². The summed E-state index contributed by atoms with van der Waals surface area (Å²) < 4.78 is 0. The summed E-state index contributed by atoms with van der Waals surface area (Å²) >= 11 is 1.47. The largest absolute Gasteiger partial charge is 0.354 e. The number of thiophene rings is 1. The fourth-order valence-electron chi connectivity index (χ4n) is 2.30. The summed E-state index contributed by atoms with van der Waals surface area (Å²) in [4.78, 5) is 26.7. The minimum absolute atomic E-state index is 0.0507. The number of nitrogens with one attached hydrogen (secondary N) is 1. The van der Waals surface area contributed by atoms with Crippen LogP contribution in [-0.4, -0.2) is 35.8 Å². The monoisotopic (exact) mass is 280 g/mol. The van der Waals surface area contributed by atoms with Crippen LogP contribution in [0.4, 0.5) is 0 Å². The van der Waals surface area contributed by atoms with Gasteiger partial charge >= 0.3 is 0 Å². The summed E-state index contributed by atoms with van der Waals surface area (Å²) in [6.45, 7) is 5.28. The number of hydrogen-bond acceptors (Lipinski definition) is 3. The number of carbonyl (C=O) groups excluding carboxylic acids is 2. The molecule has 0 radical (unpaired) electrons. The molecule has 1 fully saturated rings. The van der Waals surface area contributed by atoms with Crippen molar-refractivity contribution in [2.45, 2.75) is 32.7 Å². The van der Waals surface area contributed by atoms with E-state index in [1.54, 1.807) is 0 Å². The summed E-state index contributed by atoms with van der Waals surface area (Å²) in [7, 11) is 0. The quantitative estimate of drug-likeness (QED) is 0.922. The van der Waals surface area contributed by atoms with Crippen LogP contribution in [0.3, 0.4) is 0 Å². The van der Waals surface area contributed by atoms with E-state index < -0.39 is 0 Å². The molecule has 0 bridgehead atoms. The predicted molar refractivity (Wildman–Crippen MR) is 76.2 cm³/mol. The fourth-order valence-corrected chi connectivity index (χ4v) is 2.99. The van der Waals surface area contributed by atoms with E-state index in [1.165, 1.54) is 11.3 Å². The maximum absolute atomic E-state index is 12.2. The zero-order chi connectivity index (χ0) is 13.8. The van der Waals surface area contributed by atoms with Gasteiger partial charge in [-0.3, -0.25) is 9.59 Å². The van der Waals surface area contributed by atoms with Crippen molar-refractivity contribution >= 4 is 23.2 Å². The predicted octanol–water partition coefficient (Wildman–Crippen LogP) is 2.12. The molecule has 2 amide bonds. The lowest BCUT2D eigenvalue weighted by Crippen LogP contribution is -2.44. The minimum Gasteiger partial charge on any atom is -0.354 e. The van der Waals surface area contributed by atoms with E-state index in [0.717, 1.165) is 17.7 Å². The molecule has 1 saturated heterocycles. The van der Waals surface area contributed by atoms with Crippen molar-refractivity contribution in [3.63, 3.8) is 0 Å². The van der Waals surface area contributed by atoms with Crippen molar-refractivity contribution in [2.24, 2.45) is 5.92 Å². The third-order valence-corrected chi connectivity index (χ3v) is 4.17. The third kappa shape index (κ3) is 3.56. The molecule has 4 nitrogen and oxygen atoms in total. The van der Waals surface area contributed by atoms with Crippen LogP contribution in [0, 0.1) is 5.92 Å². The first-order valence-electron chi connectivity index (χ1n) is 6.71. The van der Waals surface area contributed by atoms with E-state index >= 15 is 0 Å². The van der Waals surface area contributed by atoms with Gasteiger partial charge in [0.15, 0.2) is 0 Å². The topological polar surface area (TPSA) is 49.4 Å². The van der Waals surface area contributed by atoms with Crippen LogP contribution < -0.4 is 5.32 Å². The van der Waals surface area contributed by atoms with Gasteiger partial charge in [-0.15, -0.1) is 11.3 Å². The lowest BCUT2D eigenvalue weighted by atomic mass is 9.95. The highest BCUT2D eigenvalue weighted by molar-refractivity contribution is 7.12. The maximum Gasteiger partial charge on any atom is 0.263 e. The lowest BCUT2D eigenvalue weighted by molar-refractivity contribution is -0.126. The van der Waals surface area contributed by atoms with E-state index in [9.17, 15) is 9.59 Å². The molecule has 1 aliphatic heterocycles. The number of likely N-dealkylation sites (tertiary alicyclic amines) is 1. The Kier molecular flexibility index (Phi) is 4.58. The second-order valence-corrected chi connectivity index (χ2v) is 6.15. The van der Waals surface area contributed by atoms with Crippen LogP contribution in [0.15, 0.2) is 17.5 Å². The molecule has 0 aliphatic carbocycles. The fraction of sp³-hybridized carbons (Fsp3) is 0.571. The van der Waals surface area contributed by atoms with Crippen LogP contribution >= 0.6 is 11.3 Å². The third-order valence-electron chi connectivity index (χ3n) is 3.32. The Balaban J connectivity index is 1.86.